The van der Waals surface area contributed by atoms with E-state index in [0.29, 0.717) is 31.9 Å². The summed E-state index contributed by atoms with van der Waals surface area (Å²) in [5.74, 6) is -2.38. The number of hydrogen-bond donors (Lipinski definition) is 3. The molecule has 1 saturated carbocycles. The summed E-state index contributed by atoms with van der Waals surface area (Å²) in [5.41, 5.74) is 1.35. The van der Waals surface area contributed by atoms with Gasteiger partial charge in [0.1, 0.15) is 0 Å². The van der Waals surface area contributed by atoms with E-state index in [2.05, 4.69) is 19.9 Å². The average molecular weight is 548 g/mol. The Morgan fingerprint density at radius 2 is 1.68 bits per heavy atom. The second-order valence-corrected chi connectivity index (χ2v) is 12.8. The van der Waals surface area contributed by atoms with Crippen molar-refractivity contribution in [1.29, 1.82) is 0 Å². The molecular weight excluding hydrogens is 526 g/mol. The number of aromatic hydroxyl groups is 1. The van der Waals surface area contributed by atoms with Crippen molar-refractivity contribution in [3.63, 3.8) is 0 Å². The number of carboxylic acids is 1. The SMILES string of the molecule is Cc1ccc([C@]2(C)CC[C@](C)(O)[C]2(C)[Hg])c(O)c1.O=C(O)C(F)(F)F. The summed E-state index contributed by atoms with van der Waals surface area (Å²) in [7, 11) is 0. The first-order chi connectivity index (χ1) is 11.1. The Hall–Kier alpha value is -0.825. The van der Waals surface area contributed by atoms with E-state index in [-0.39, 0.29) is 8.34 Å². The molecular formula is C17H22F3HgO4. The molecule has 0 bridgehead atoms. The molecule has 0 heterocycles. The maximum atomic E-state index is 10.6. The summed E-state index contributed by atoms with van der Waals surface area (Å²) in [4.78, 5) is 8.90. The summed E-state index contributed by atoms with van der Waals surface area (Å²) in [6.45, 7) is 8.32. The first kappa shape index (κ1) is 22.2. The predicted octanol–water partition coefficient (Wildman–Crippen LogP) is 3.86. The number of carbonyl (C=O) groups is 1. The molecule has 0 saturated heterocycles. The molecule has 0 spiro atoms. The zero-order chi connectivity index (χ0) is 19.8. The van der Waals surface area contributed by atoms with E-state index in [9.17, 15) is 23.4 Å². The maximum absolute atomic E-state index is 10.6. The predicted molar refractivity (Wildman–Crippen MR) is 82.1 cm³/mol. The van der Waals surface area contributed by atoms with Gasteiger partial charge in [-0.3, -0.25) is 0 Å². The van der Waals surface area contributed by atoms with Gasteiger partial charge in [-0.1, -0.05) is 0 Å². The van der Waals surface area contributed by atoms with E-state index >= 15 is 0 Å². The van der Waals surface area contributed by atoms with Crippen LogP contribution in [0, 0.1) is 6.92 Å². The van der Waals surface area contributed by atoms with Crippen LogP contribution in [0.4, 0.5) is 13.2 Å². The van der Waals surface area contributed by atoms with Crippen molar-refractivity contribution in [2.24, 2.45) is 0 Å². The second kappa shape index (κ2) is 7.06. The molecule has 137 valence electrons. The molecule has 2 rings (SSSR count). The van der Waals surface area contributed by atoms with Crippen molar-refractivity contribution in [3.05, 3.63) is 29.3 Å². The van der Waals surface area contributed by atoms with Gasteiger partial charge in [0.25, 0.3) is 0 Å². The summed E-state index contributed by atoms with van der Waals surface area (Å²) < 4.78 is 31.7. The molecule has 1 aliphatic carbocycles. The van der Waals surface area contributed by atoms with E-state index < -0.39 is 17.7 Å². The number of aliphatic hydroxyl groups is 1. The van der Waals surface area contributed by atoms with Crippen LogP contribution in [-0.2, 0) is 36.3 Å². The van der Waals surface area contributed by atoms with Gasteiger partial charge in [0.15, 0.2) is 0 Å². The quantitative estimate of drug-likeness (QED) is 0.467. The van der Waals surface area contributed by atoms with Crippen LogP contribution in [0.1, 0.15) is 44.7 Å². The Bertz CT molecular complexity index is 656. The van der Waals surface area contributed by atoms with E-state index in [0.717, 1.165) is 24.0 Å². The first-order valence-electron chi connectivity index (χ1n) is 7.74. The Balaban J connectivity index is 0.000000381. The third kappa shape index (κ3) is 4.30. The van der Waals surface area contributed by atoms with Gasteiger partial charge in [-0.2, -0.15) is 13.2 Å². The van der Waals surface area contributed by atoms with Gasteiger partial charge in [0, 0.05) is 0 Å². The first-order valence-corrected chi connectivity index (χ1v) is 10.5. The molecule has 1 aromatic rings. The summed E-state index contributed by atoms with van der Waals surface area (Å²) in [6.07, 6.45) is -3.33. The Morgan fingerprint density at radius 1 is 1.20 bits per heavy atom. The van der Waals surface area contributed by atoms with Crippen LogP contribution in [0.15, 0.2) is 18.2 Å². The van der Waals surface area contributed by atoms with Crippen molar-refractivity contribution in [2.75, 3.05) is 0 Å². The summed E-state index contributed by atoms with van der Waals surface area (Å²) in [6, 6.07) is 5.92. The minimum atomic E-state index is -5.08. The molecule has 1 aliphatic rings. The molecule has 25 heavy (non-hydrogen) atoms. The molecule has 8 heteroatoms. The molecule has 1 aromatic carbocycles. The van der Waals surface area contributed by atoms with Crippen molar-refractivity contribution < 1.29 is 59.4 Å². The zero-order valence-corrected chi connectivity index (χ0v) is 20.2. The zero-order valence-electron chi connectivity index (χ0n) is 14.7. The number of aliphatic carboxylic acids is 1. The molecule has 4 nitrogen and oxygen atoms in total. The number of benzene rings is 1. The molecule has 0 aliphatic heterocycles. The van der Waals surface area contributed by atoms with Crippen LogP contribution in [0.25, 0.3) is 0 Å². The molecule has 0 aromatic heterocycles. The topological polar surface area (TPSA) is 77.8 Å². The number of phenolic OH excluding ortho intramolecular Hbond substituents is 1. The molecule has 1 fully saturated rings. The number of alkyl halides is 3. The van der Waals surface area contributed by atoms with E-state index in [1.165, 1.54) is 0 Å². The number of aryl methyl sites for hydroxylation is 1. The van der Waals surface area contributed by atoms with Gasteiger partial charge >= 0.3 is 138 Å². The van der Waals surface area contributed by atoms with Crippen molar-refractivity contribution >= 4 is 5.97 Å². The smallest absolute Gasteiger partial charge is 0.475 e. The molecule has 1 unspecified atom stereocenters. The fourth-order valence-electron chi connectivity index (χ4n) is 3.18. The van der Waals surface area contributed by atoms with Crippen molar-refractivity contribution in [2.45, 2.75) is 60.7 Å². The summed E-state index contributed by atoms with van der Waals surface area (Å²) >= 11 is 0.418. The minimum absolute atomic E-state index is 0.0766. The Morgan fingerprint density at radius 3 is 2.00 bits per heavy atom. The molecule has 3 atom stereocenters. The van der Waals surface area contributed by atoms with Gasteiger partial charge < -0.3 is 5.11 Å². The number of rotatable bonds is 1. The largest absolute Gasteiger partial charge is 0.490 e. The second-order valence-electron chi connectivity index (χ2n) is 7.26. The number of halogens is 3. The Kier molecular flexibility index (Phi) is 6.27. The van der Waals surface area contributed by atoms with E-state index in [1.807, 2.05) is 26.0 Å². The van der Waals surface area contributed by atoms with Gasteiger partial charge in [0.2, 0.25) is 0 Å². The van der Waals surface area contributed by atoms with Crippen LogP contribution in [0.2, 0.25) is 2.92 Å². The maximum Gasteiger partial charge on any atom is 0.490 e. The standard InChI is InChI=1S/C15H21O2.C2HF3O2.Hg/c1-10-5-6-12(13(16)9-10)14(3)7-8-15(4,17)11(14)2;3-2(4,5)1(6)7;/h5-6,9,16-17H,7-8H2,1-4H3;(H,6,7);/t14-,15+;;/m1../s1. The summed E-state index contributed by atoms with van der Waals surface area (Å²) in [5, 5.41) is 28.0. The van der Waals surface area contributed by atoms with E-state index in [4.69, 9.17) is 9.90 Å². The Labute approximate surface area is 161 Å². The average Bonchev–Trinajstić information content (AvgIpc) is 2.59. The van der Waals surface area contributed by atoms with E-state index in [1.54, 1.807) is 0 Å². The van der Waals surface area contributed by atoms with Gasteiger partial charge in [0.05, 0.1) is 0 Å². The fourth-order valence-corrected chi connectivity index (χ4v) is 5.29. The fraction of sp³-hybridized carbons (Fsp3) is 0.588. The van der Waals surface area contributed by atoms with Crippen LogP contribution in [-0.4, -0.2) is 33.1 Å². The van der Waals surface area contributed by atoms with Crippen molar-refractivity contribution in [3.8, 4) is 5.75 Å². The normalized spacial score (nSPS) is 32.1. The monoisotopic (exact) mass is 549 g/mol. The van der Waals surface area contributed by atoms with Crippen LogP contribution in [0.3, 0.4) is 0 Å². The third-order valence-corrected chi connectivity index (χ3v) is 11.5. The van der Waals surface area contributed by atoms with Crippen molar-refractivity contribution in [1.82, 2.24) is 0 Å². The molecule has 3 N–H and O–H groups in total. The van der Waals surface area contributed by atoms with Crippen LogP contribution < -0.4 is 0 Å². The number of hydrogen-bond acceptors (Lipinski definition) is 3. The molecule has 0 radical (unpaired) electrons. The van der Waals surface area contributed by atoms with Gasteiger partial charge in [-0.25, -0.2) is 4.79 Å². The number of carboxylic acid groups (broad SMARTS) is 1. The van der Waals surface area contributed by atoms with Gasteiger partial charge in [-0.15, -0.1) is 0 Å². The van der Waals surface area contributed by atoms with Crippen LogP contribution >= 0.6 is 0 Å². The van der Waals surface area contributed by atoms with Crippen LogP contribution in [0.5, 0.6) is 5.75 Å². The molecule has 0 amide bonds. The minimum Gasteiger partial charge on any atom is -0.475 e. The third-order valence-electron chi connectivity index (χ3n) is 5.51. The number of phenols is 1. The van der Waals surface area contributed by atoms with Gasteiger partial charge in [-0.05, 0) is 0 Å².